The highest BCUT2D eigenvalue weighted by Crippen LogP contribution is 2.53. The van der Waals surface area contributed by atoms with Gasteiger partial charge in [-0.05, 0) is 161 Å². The van der Waals surface area contributed by atoms with Gasteiger partial charge < -0.3 is 9.80 Å². The summed E-state index contributed by atoms with van der Waals surface area (Å²) in [6, 6.07) is 66.4. The second-order valence-corrected chi connectivity index (χ2v) is 27.6. The fourth-order valence-electron chi connectivity index (χ4n) is 13.0. The lowest BCUT2D eigenvalue weighted by molar-refractivity contribution is 0.332. The number of rotatable bonds is 8. The van der Waals surface area contributed by atoms with E-state index in [1.54, 1.807) is 0 Å². The number of benzene rings is 8. The predicted molar refractivity (Wildman–Crippen MR) is 330 cm³/mol. The Balaban J connectivity index is 1.27. The smallest absolute Gasteiger partial charge is 0.252 e. The van der Waals surface area contributed by atoms with Gasteiger partial charge in [-0.25, -0.2) is 0 Å². The fourth-order valence-corrected chi connectivity index (χ4v) is 13.0. The van der Waals surface area contributed by atoms with E-state index in [1.165, 1.54) is 112 Å². The molecule has 8 aromatic rings. The molecule has 0 bridgehead atoms. The molecular formula is C73H81BN2. The summed E-state index contributed by atoms with van der Waals surface area (Å²) in [5, 5.41) is 0. The van der Waals surface area contributed by atoms with Gasteiger partial charge in [0.15, 0.2) is 0 Å². The molecule has 1 aliphatic carbocycles. The topological polar surface area (TPSA) is 6.48 Å². The maximum absolute atomic E-state index is 2.73. The minimum atomic E-state index is -0.250. The van der Waals surface area contributed by atoms with Crippen LogP contribution in [0.1, 0.15) is 180 Å². The lowest BCUT2D eigenvalue weighted by Crippen LogP contribution is -2.62. The van der Waals surface area contributed by atoms with Gasteiger partial charge in [0.2, 0.25) is 0 Å². The Labute approximate surface area is 457 Å². The first-order chi connectivity index (χ1) is 35.8. The van der Waals surface area contributed by atoms with E-state index in [1.807, 2.05) is 0 Å². The molecule has 2 nitrogen and oxygen atoms in total. The van der Waals surface area contributed by atoms with Crippen LogP contribution < -0.4 is 26.2 Å². The molecule has 0 radical (unpaired) electrons. The summed E-state index contributed by atoms with van der Waals surface area (Å²) in [5.41, 5.74) is 25.8. The van der Waals surface area contributed by atoms with Crippen molar-refractivity contribution in [2.45, 2.75) is 162 Å². The van der Waals surface area contributed by atoms with E-state index in [0.717, 1.165) is 12.8 Å². The van der Waals surface area contributed by atoms with Crippen molar-refractivity contribution in [3.05, 3.63) is 220 Å². The third-order valence-corrected chi connectivity index (χ3v) is 18.4. The third kappa shape index (κ3) is 8.56. The molecule has 3 aliphatic rings. The average molecular weight is 997 g/mol. The van der Waals surface area contributed by atoms with Crippen LogP contribution in [0.2, 0.25) is 0 Å². The highest BCUT2D eigenvalue weighted by Gasteiger charge is 2.47. The Morgan fingerprint density at radius 2 is 0.908 bits per heavy atom. The zero-order valence-electron chi connectivity index (χ0n) is 48.6. The first-order valence-electron chi connectivity index (χ1n) is 28.4. The molecule has 76 heavy (non-hydrogen) atoms. The molecule has 0 spiro atoms. The zero-order valence-corrected chi connectivity index (χ0v) is 48.6. The van der Waals surface area contributed by atoms with Crippen molar-refractivity contribution in [2.75, 3.05) is 9.80 Å². The molecule has 0 unspecified atom stereocenters. The van der Waals surface area contributed by atoms with Gasteiger partial charge in [-0.3, -0.25) is 0 Å². The van der Waals surface area contributed by atoms with Crippen molar-refractivity contribution >= 4 is 57.2 Å². The number of nitrogens with zero attached hydrogens (tertiary/aromatic N) is 2. The van der Waals surface area contributed by atoms with E-state index in [-0.39, 0.29) is 45.1 Å². The van der Waals surface area contributed by atoms with Gasteiger partial charge in [0.1, 0.15) is 0 Å². The van der Waals surface area contributed by atoms with Gasteiger partial charge in [0.05, 0.1) is 5.69 Å². The van der Waals surface area contributed by atoms with Crippen LogP contribution in [-0.4, -0.2) is 6.71 Å². The summed E-state index contributed by atoms with van der Waals surface area (Å²) in [7, 11) is 0. The highest BCUT2D eigenvalue weighted by atomic mass is 15.2. The SMILES string of the molecule is CC(C)c1cc2c3c(c1)N(c1ccc(C(C)(C)C)cc1-c1cccc(C(C)(C)C)c1)c1cc4c(cc1B3c1ccc(C(C)(C)c3ccccc3)cc1N2c1cccc(C(C)(C)c2ccccc2)c1)C(C)(C)CCC4(C)C. The second-order valence-electron chi connectivity index (χ2n) is 27.6. The van der Waals surface area contributed by atoms with Crippen molar-refractivity contribution in [3.8, 4) is 11.1 Å². The van der Waals surface area contributed by atoms with Gasteiger partial charge in [-0.2, -0.15) is 0 Å². The minimum Gasteiger partial charge on any atom is -0.311 e. The van der Waals surface area contributed by atoms with Crippen molar-refractivity contribution in [2.24, 2.45) is 0 Å². The van der Waals surface area contributed by atoms with Crippen molar-refractivity contribution in [3.63, 3.8) is 0 Å². The number of hydrogen-bond donors (Lipinski definition) is 0. The minimum absolute atomic E-state index is 0.00840. The number of hydrogen-bond acceptors (Lipinski definition) is 2. The number of anilines is 6. The molecule has 8 aromatic carbocycles. The molecule has 0 amide bonds. The first kappa shape index (κ1) is 51.5. The molecule has 0 saturated heterocycles. The Morgan fingerprint density at radius 3 is 1.50 bits per heavy atom. The van der Waals surface area contributed by atoms with Crippen LogP contribution in [0.3, 0.4) is 0 Å². The molecule has 11 rings (SSSR count). The molecule has 2 heterocycles. The Hall–Kier alpha value is -6.58. The third-order valence-electron chi connectivity index (χ3n) is 18.4. The summed E-state index contributed by atoms with van der Waals surface area (Å²) < 4.78 is 0. The summed E-state index contributed by atoms with van der Waals surface area (Å²) in [6.07, 6.45) is 2.30. The van der Waals surface area contributed by atoms with Gasteiger partial charge in [-0.1, -0.05) is 232 Å². The molecule has 3 heteroatoms. The van der Waals surface area contributed by atoms with Crippen molar-refractivity contribution in [1.29, 1.82) is 0 Å². The molecule has 0 aromatic heterocycles. The van der Waals surface area contributed by atoms with E-state index in [9.17, 15) is 0 Å². The van der Waals surface area contributed by atoms with Crippen LogP contribution in [0.5, 0.6) is 0 Å². The van der Waals surface area contributed by atoms with Gasteiger partial charge >= 0.3 is 0 Å². The van der Waals surface area contributed by atoms with Crippen molar-refractivity contribution < 1.29 is 0 Å². The predicted octanol–water partition coefficient (Wildman–Crippen LogP) is 18.2. The van der Waals surface area contributed by atoms with Crippen LogP contribution in [0.25, 0.3) is 11.1 Å². The van der Waals surface area contributed by atoms with E-state index < -0.39 is 0 Å². The normalized spacial score (nSPS) is 15.8. The molecule has 0 atom stereocenters. The highest BCUT2D eigenvalue weighted by molar-refractivity contribution is 7.00. The van der Waals surface area contributed by atoms with E-state index in [2.05, 4.69) is 290 Å². The van der Waals surface area contributed by atoms with Crippen LogP contribution >= 0.6 is 0 Å². The summed E-state index contributed by atoms with van der Waals surface area (Å²) in [6.45, 7) is 38.3. The summed E-state index contributed by atoms with van der Waals surface area (Å²) >= 11 is 0. The van der Waals surface area contributed by atoms with Crippen molar-refractivity contribution in [1.82, 2.24) is 0 Å². The molecular weight excluding hydrogens is 916 g/mol. The van der Waals surface area contributed by atoms with Crippen LogP contribution in [0, 0.1) is 0 Å². The number of fused-ring (bicyclic) bond motifs is 5. The lowest BCUT2D eigenvalue weighted by Gasteiger charge is -2.48. The monoisotopic (exact) mass is 997 g/mol. The Morgan fingerprint density at radius 1 is 0.408 bits per heavy atom. The molecule has 2 aliphatic heterocycles. The first-order valence-corrected chi connectivity index (χ1v) is 28.4. The van der Waals surface area contributed by atoms with E-state index in [0.29, 0.717) is 0 Å². The maximum Gasteiger partial charge on any atom is 0.252 e. The summed E-state index contributed by atoms with van der Waals surface area (Å²) in [5.74, 6) is 0.271. The summed E-state index contributed by atoms with van der Waals surface area (Å²) in [4.78, 5) is 5.39. The average Bonchev–Trinajstić information content (AvgIpc) is 3.59. The molecule has 386 valence electrons. The quantitative estimate of drug-likeness (QED) is 0.140. The van der Waals surface area contributed by atoms with Gasteiger partial charge in [0.25, 0.3) is 6.71 Å². The zero-order chi connectivity index (χ0) is 54.1. The van der Waals surface area contributed by atoms with Crippen LogP contribution in [0.15, 0.2) is 170 Å². The van der Waals surface area contributed by atoms with E-state index in [4.69, 9.17) is 0 Å². The molecule has 0 N–H and O–H groups in total. The largest absolute Gasteiger partial charge is 0.311 e. The van der Waals surface area contributed by atoms with Crippen LogP contribution in [0.4, 0.5) is 34.1 Å². The van der Waals surface area contributed by atoms with Gasteiger partial charge in [0, 0.05) is 44.8 Å². The maximum atomic E-state index is 2.73. The standard InChI is InChI=1S/C73H81BN2/c1-47(2)49-40-65-67-66(41-49)76(62-36-34-53(69(6,7)8)43-57(62)48-25-23-30-52(39-48)68(3,4)5)64-46-59-58(70(9,10)37-38-71(59,11)12)45-61(64)74(67)60-35-33-55(73(15,16)51-28-21-18-22-29-51)44-63(60)75(65)56-32-24-31-54(42-56)72(13,14)50-26-19-17-20-27-50/h17-36,39-47H,37-38H2,1-16H3. The van der Waals surface area contributed by atoms with E-state index >= 15 is 0 Å². The van der Waals surface area contributed by atoms with Gasteiger partial charge in [-0.15, -0.1) is 0 Å². The second kappa shape index (κ2) is 18.0. The lowest BCUT2D eigenvalue weighted by atomic mass is 9.33. The van der Waals surface area contributed by atoms with Crippen LogP contribution in [-0.2, 0) is 32.5 Å². The molecule has 0 saturated carbocycles. The molecule has 0 fully saturated rings. The Bertz CT molecular complexity index is 3540. The fraction of sp³-hybridized carbons (Fsp3) is 0.342. The Kier molecular flexibility index (Phi) is 12.2.